The number of carbonyl (C=O) groups excluding carboxylic acids is 1. The summed E-state index contributed by atoms with van der Waals surface area (Å²) < 4.78 is 0. The number of phenolic OH excluding ortho intramolecular Hbond substituents is 1. The Morgan fingerprint density at radius 3 is 2.75 bits per heavy atom. The first-order chi connectivity index (χ1) is 9.56. The predicted octanol–water partition coefficient (Wildman–Crippen LogP) is 2.26. The molecule has 0 aromatic heterocycles. The van der Waals surface area contributed by atoms with Gasteiger partial charge in [-0.05, 0) is 38.6 Å². The van der Waals surface area contributed by atoms with Crippen molar-refractivity contribution in [2.45, 2.75) is 33.2 Å². The third kappa shape index (κ3) is 2.96. The molecule has 110 valence electrons. The van der Waals surface area contributed by atoms with Gasteiger partial charge in [0.2, 0.25) is 0 Å². The van der Waals surface area contributed by atoms with E-state index in [-0.39, 0.29) is 11.7 Å². The van der Waals surface area contributed by atoms with Gasteiger partial charge in [0.1, 0.15) is 5.75 Å². The number of rotatable bonds is 4. The first-order valence-corrected chi connectivity index (χ1v) is 7.39. The monoisotopic (exact) mass is 276 g/mol. The summed E-state index contributed by atoms with van der Waals surface area (Å²) in [5.74, 6) is 0.0211. The van der Waals surface area contributed by atoms with Gasteiger partial charge >= 0.3 is 0 Å². The van der Waals surface area contributed by atoms with E-state index in [0.717, 1.165) is 38.2 Å². The number of benzene rings is 1. The molecule has 0 bridgehead atoms. The zero-order valence-electron chi connectivity index (χ0n) is 12.6. The van der Waals surface area contributed by atoms with E-state index in [4.69, 9.17) is 0 Å². The molecule has 0 saturated carbocycles. The Balaban J connectivity index is 2.10. The van der Waals surface area contributed by atoms with Crippen LogP contribution in [0, 0.1) is 6.92 Å². The van der Waals surface area contributed by atoms with Crippen molar-refractivity contribution in [1.29, 1.82) is 0 Å². The fraction of sp³-hybridized carbons (Fsp3) is 0.562. The van der Waals surface area contributed by atoms with E-state index in [1.165, 1.54) is 0 Å². The lowest BCUT2D eigenvalue weighted by Crippen LogP contribution is -2.38. The highest BCUT2D eigenvalue weighted by molar-refractivity contribution is 5.97. The molecule has 1 aromatic carbocycles. The molecule has 4 nitrogen and oxygen atoms in total. The van der Waals surface area contributed by atoms with Gasteiger partial charge in [-0.15, -0.1) is 0 Å². The van der Waals surface area contributed by atoms with Crippen LogP contribution in [0.3, 0.4) is 0 Å². The Morgan fingerprint density at radius 1 is 1.40 bits per heavy atom. The quantitative estimate of drug-likeness (QED) is 0.917. The molecule has 1 fully saturated rings. The molecule has 1 aromatic rings. The van der Waals surface area contributed by atoms with E-state index < -0.39 is 0 Å². The fourth-order valence-corrected chi connectivity index (χ4v) is 2.96. The molecule has 1 saturated heterocycles. The molecule has 2 rings (SSSR count). The number of likely N-dealkylation sites (N-methyl/N-ethyl adjacent to an activating group) is 1. The summed E-state index contributed by atoms with van der Waals surface area (Å²) >= 11 is 0. The van der Waals surface area contributed by atoms with E-state index in [2.05, 4.69) is 18.7 Å². The van der Waals surface area contributed by atoms with Gasteiger partial charge < -0.3 is 10.0 Å². The minimum atomic E-state index is -0.0548. The third-order valence-electron chi connectivity index (χ3n) is 4.16. The van der Waals surface area contributed by atoms with Gasteiger partial charge in [-0.2, -0.15) is 0 Å². The Bertz CT molecular complexity index is 483. The summed E-state index contributed by atoms with van der Waals surface area (Å²) in [4.78, 5) is 16.8. The highest BCUT2D eigenvalue weighted by atomic mass is 16.3. The standard InChI is InChI=1S/C16H24N2O2/c1-4-17(5-2)13-8-9-18(11-13)16(20)14-10-12(3)6-7-15(14)19/h6-7,10,13,19H,4-5,8-9,11H2,1-3H3. The number of aromatic hydroxyl groups is 1. The summed E-state index contributed by atoms with van der Waals surface area (Å²) in [6.45, 7) is 9.79. The molecule has 1 heterocycles. The summed E-state index contributed by atoms with van der Waals surface area (Å²) in [5, 5.41) is 9.88. The van der Waals surface area contributed by atoms with Crippen molar-refractivity contribution in [2.75, 3.05) is 26.2 Å². The van der Waals surface area contributed by atoms with Crippen molar-refractivity contribution in [1.82, 2.24) is 9.80 Å². The van der Waals surface area contributed by atoms with E-state index in [9.17, 15) is 9.90 Å². The molecule has 0 radical (unpaired) electrons. The Labute approximate surface area is 121 Å². The van der Waals surface area contributed by atoms with Crippen LogP contribution in [0.15, 0.2) is 18.2 Å². The molecule has 20 heavy (non-hydrogen) atoms. The maximum absolute atomic E-state index is 12.5. The van der Waals surface area contributed by atoms with Crippen LogP contribution in [0.2, 0.25) is 0 Å². The minimum Gasteiger partial charge on any atom is -0.507 e. The average molecular weight is 276 g/mol. The molecule has 0 aliphatic carbocycles. The van der Waals surface area contributed by atoms with Crippen molar-refractivity contribution < 1.29 is 9.90 Å². The largest absolute Gasteiger partial charge is 0.507 e. The van der Waals surface area contributed by atoms with E-state index in [0.29, 0.717) is 11.6 Å². The maximum atomic E-state index is 12.5. The third-order valence-corrected chi connectivity index (χ3v) is 4.16. The van der Waals surface area contributed by atoms with E-state index in [1.807, 2.05) is 17.9 Å². The van der Waals surface area contributed by atoms with Crippen LogP contribution in [-0.4, -0.2) is 53.0 Å². The van der Waals surface area contributed by atoms with Gasteiger partial charge in [0.05, 0.1) is 5.56 Å². The normalized spacial score (nSPS) is 18.8. The van der Waals surface area contributed by atoms with Crippen molar-refractivity contribution in [3.05, 3.63) is 29.3 Å². The number of hydrogen-bond acceptors (Lipinski definition) is 3. The smallest absolute Gasteiger partial charge is 0.257 e. The second kappa shape index (κ2) is 6.27. The van der Waals surface area contributed by atoms with Crippen LogP contribution in [0.1, 0.15) is 36.2 Å². The number of amides is 1. The van der Waals surface area contributed by atoms with Crippen molar-refractivity contribution >= 4 is 5.91 Å². The topological polar surface area (TPSA) is 43.8 Å². The van der Waals surface area contributed by atoms with Crippen LogP contribution in [-0.2, 0) is 0 Å². The molecule has 1 amide bonds. The van der Waals surface area contributed by atoms with E-state index >= 15 is 0 Å². The summed E-state index contributed by atoms with van der Waals surface area (Å²) in [7, 11) is 0. The zero-order valence-corrected chi connectivity index (χ0v) is 12.6. The van der Waals surface area contributed by atoms with Crippen molar-refractivity contribution in [2.24, 2.45) is 0 Å². The summed E-state index contributed by atoms with van der Waals surface area (Å²) in [6, 6.07) is 5.62. The van der Waals surface area contributed by atoms with Crippen molar-refractivity contribution in [3.63, 3.8) is 0 Å². The number of phenols is 1. The molecule has 1 aliphatic heterocycles. The summed E-state index contributed by atoms with van der Waals surface area (Å²) in [6.07, 6.45) is 1.01. The Morgan fingerprint density at radius 2 is 2.10 bits per heavy atom. The van der Waals surface area contributed by atoms with Gasteiger partial charge in [0, 0.05) is 19.1 Å². The molecule has 1 atom stereocenters. The molecular formula is C16H24N2O2. The van der Waals surface area contributed by atoms with Gasteiger partial charge in [0.15, 0.2) is 0 Å². The molecule has 1 unspecified atom stereocenters. The Hall–Kier alpha value is -1.55. The highest BCUT2D eigenvalue weighted by Crippen LogP contribution is 2.23. The van der Waals surface area contributed by atoms with E-state index in [1.54, 1.807) is 12.1 Å². The first kappa shape index (κ1) is 14.9. The lowest BCUT2D eigenvalue weighted by molar-refractivity contribution is 0.0775. The van der Waals surface area contributed by atoms with Gasteiger partial charge in [0.25, 0.3) is 5.91 Å². The lowest BCUT2D eigenvalue weighted by atomic mass is 10.1. The van der Waals surface area contributed by atoms with Crippen LogP contribution < -0.4 is 0 Å². The molecule has 0 spiro atoms. The molecule has 1 N–H and O–H groups in total. The van der Waals surface area contributed by atoms with Gasteiger partial charge in [-0.25, -0.2) is 0 Å². The highest BCUT2D eigenvalue weighted by Gasteiger charge is 2.30. The number of likely N-dealkylation sites (tertiary alicyclic amines) is 1. The van der Waals surface area contributed by atoms with Crippen molar-refractivity contribution in [3.8, 4) is 5.75 Å². The second-order valence-electron chi connectivity index (χ2n) is 5.44. The fourth-order valence-electron chi connectivity index (χ4n) is 2.96. The van der Waals surface area contributed by atoms with Crippen LogP contribution in [0.5, 0.6) is 5.75 Å². The number of nitrogens with zero attached hydrogens (tertiary/aromatic N) is 2. The van der Waals surface area contributed by atoms with Crippen LogP contribution in [0.25, 0.3) is 0 Å². The van der Waals surface area contributed by atoms with Crippen LogP contribution >= 0.6 is 0 Å². The first-order valence-electron chi connectivity index (χ1n) is 7.39. The van der Waals surface area contributed by atoms with Gasteiger partial charge in [-0.1, -0.05) is 25.5 Å². The number of aryl methyl sites for hydroxylation is 1. The van der Waals surface area contributed by atoms with Gasteiger partial charge in [-0.3, -0.25) is 9.69 Å². The SMILES string of the molecule is CCN(CC)C1CCN(C(=O)c2cc(C)ccc2O)C1. The maximum Gasteiger partial charge on any atom is 0.257 e. The summed E-state index contributed by atoms with van der Waals surface area (Å²) in [5.41, 5.74) is 1.41. The average Bonchev–Trinajstić information content (AvgIpc) is 2.92. The number of hydrogen-bond donors (Lipinski definition) is 1. The predicted molar refractivity (Wildman–Crippen MR) is 80.1 cm³/mol. The minimum absolute atomic E-state index is 0.0548. The Kier molecular flexibility index (Phi) is 4.65. The zero-order chi connectivity index (χ0) is 14.7. The van der Waals surface area contributed by atoms with Crippen LogP contribution in [0.4, 0.5) is 0 Å². The lowest BCUT2D eigenvalue weighted by Gasteiger charge is -2.26. The molecule has 4 heteroatoms. The number of carbonyl (C=O) groups is 1. The second-order valence-corrected chi connectivity index (χ2v) is 5.44. The molecular weight excluding hydrogens is 252 g/mol. The molecule has 1 aliphatic rings.